The number of ether oxygens (including phenoxy) is 2. The Morgan fingerprint density at radius 3 is 2.57 bits per heavy atom. The molecule has 1 aliphatic rings. The Morgan fingerprint density at radius 2 is 1.86 bits per heavy atom. The van der Waals surface area contributed by atoms with Crippen LogP contribution in [0.15, 0.2) is 52.3 Å². The maximum atomic E-state index is 12.9. The van der Waals surface area contributed by atoms with Gasteiger partial charge >= 0.3 is 0 Å². The van der Waals surface area contributed by atoms with Crippen molar-refractivity contribution in [3.8, 4) is 11.5 Å². The molecule has 2 aromatic carbocycles. The van der Waals surface area contributed by atoms with E-state index in [1.807, 2.05) is 24.3 Å². The molecule has 1 aliphatic heterocycles. The molecule has 6 nitrogen and oxygen atoms in total. The monoisotopic (exact) mass is 507 g/mol. The molecule has 0 saturated carbocycles. The van der Waals surface area contributed by atoms with E-state index in [9.17, 15) is 4.79 Å². The zero-order valence-corrected chi connectivity index (χ0v) is 18.4. The Balaban J connectivity index is 1.69. The van der Waals surface area contributed by atoms with Gasteiger partial charge in [-0.2, -0.15) is 0 Å². The summed E-state index contributed by atoms with van der Waals surface area (Å²) in [5.74, 6) is 1.29. The van der Waals surface area contributed by atoms with Crippen LogP contribution in [-0.4, -0.2) is 25.5 Å². The second kappa shape index (κ2) is 7.96. The topological polar surface area (TPSA) is 56.1 Å². The van der Waals surface area contributed by atoms with E-state index in [4.69, 9.17) is 9.47 Å². The summed E-state index contributed by atoms with van der Waals surface area (Å²) in [6, 6.07) is 13.8. The Morgan fingerprint density at radius 1 is 1.11 bits per heavy atom. The van der Waals surface area contributed by atoms with Crippen molar-refractivity contribution in [2.45, 2.75) is 6.67 Å². The lowest BCUT2D eigenvalue weighted by Crippen LogP contribution is -2.42. The number of aromatic nitrogens is 1. The number of fused-ring (bicyclic) bond motifs is 1. The second-order valence-electron chi connectivity index (χ2n) is 6.20. The van der Waals surface area contributed by atoms with Crippen molar-refractivity contribution in [1.82, 2.24) is 4.57 Å². The normalized spacial score (nSPS) is 13.8. The summed E-state index contributed by atoms with van der Waals surface area (Å²) >= 11 is 3.69. The largest absolute Gasteiger partial charge is 0.493 e. The third-order valence-electron chi connectivity index (χ3n) is 4.47. The average molecular weight is 507 g/mol. The van der Waals surface area contributed by atoms with Crippen molar-refractivity contribution >= 4 is 45.7 Å². The third kappa shape index (κ3) is 3.66. The van der Waals surface area contributed by atoms with Gasteiger partial charge in [0.1, 0.15) is 13.3 Å². The Kier molecular flexibility index (Phi) is 5.40. The molecular weight excluding hydrogens is 489 g/mol. The summed E-state index contributed by atoms with van der Waals surface area (Å²) in [6.45, 7) is 1.03. The van der Waals surface area contributed by atoms with Crippen LogP contribution in [-0.2, 0) is 6.67 Å². The van der Waals surface area contributed by atoms with Crippen LogP contribution in [0.25, 0.3) is 6.08 Å². The average Bonchev–Trinajstić information content (AvgIpc) is 3.03. The van der Waals surface area contributed by atoms with E-state index in [2.05, 4.69) is 56.7 Å². The maximum absolute atomic E-state index is 12.9. The fraction of sp³-hybridized carbons (Fsp3) is 0.200. The van der Waals surface area contributed by atoms with E-state index in [0.717, 1.165) is 16.1 Å². The van der Waals surface area contributed by atoms with Crippen LogP contribution in [0.2, 0.25) is 0 Å². The van der Waals surface area contributed by atoms with Gasteiger partial charge in [-0.3, -0.25) is 9.36 Å². The number of anilines is 1. The molecule has 0 fully saturated rings. The van der Waals surface area contributed by atoms with Crippen LogP contribution < -0.4 is 29.3 Å². The maximum Gasteiger partial charge on any atom is 0.271 e. The van der Waals surface area contributed by atoms with Gasteiger partial charge in [0.2, 0.25) is 0 Å². The molecular formula is C20H18IN3O3S. The molecule has 0 spiro atoms. The number of methoxy groups -OCH3 is 2. The molecule has 0 radical (unpaired) electrons. The van der Waals surface area contributed by atoms with Crippen molar-refractivity contribution in [2.75, 3.05) is 25.8 Å². The standard InChI is InChI=1S/C20H18IN3O3S/c1-26-16-8-3-13(9-17(16)27-2)10-18-19(25)24-12-23(11-22-20(24)28-18)15-6-4-14(21)5-7-15/h3-10H,11-12H2,1-2H3. The van der Waals surface area contributed by atoms with Crippen molar-refractivity contribution in [2.24, 2.45) is 4.99 Å². The number of halogens is 1. The summed E-state index contributed by atoms with van der Waals surface area (Å²) in [5, 5.41) is 0. The van der Waals surface area contributed by atoms with Gasteiger partial charge in [-0.1, -0.05) is 17.4 Å². The summed E-state index contributed by atoms with van der Waals surface area (Å²) in [4.78, 5) is 20.4. The summed E-state index contributed by atoms with van der Waals surface area (Å²) < 4.78 is 14.2. The molecule has 8 heteroatoms. The minimum absolute atomic E-state index is 0.0336. The summed E-state index contributed by atoms with van der Waals surface area (Å²) in [7, 11) is 3.19. The lowest BCUT2D eigenvalue weighted by Gasteiger charge is -2.25. The lowest BCUT2D eigenvalue weighted by atomic mass is 10.2. The minimum atomic E-state index is -0.0336. The number of thiazole rings is 1. The Labute approximate surface area is 179 Å². The predicted molar refractivity (Wildman–Crippen MR) is 119 cm³/mol. The van der Waals surface area contributed by atoms with Crippen molar-refractivity contribution < 1.29 is 9.47 Å². The molecule has 0 aliphatic carbocycles. The van der Waals surface area contributed by atoms with E-state index in [1.165, 1.54) is 14.9 Å². The van der Waals surface area contributed by atoms with E-state index in [0.29, 0.717) is 29.4 Å². The molecule has 144 valence electrons. The Bertz CT molecular complexity index is 1180. The number of hydrogen-bond acceptors (Lipinski definition) is 6. The lowest BCUT2D eigenvalue weighted by molar-refractivity contribution is 0.355. The molecule has 4 rings (SSSR count). The van der Waals surface area contributed by atoms with Gasteiger partial charge in [0.15, 0.2) is 16.3 Å². The highest BCUT2D eigenvalue weighted by Crippen LogP contribution is 2.27. The highest BCUT2D eigenvalue weighted by Gasteiger charge is 2.16. The first-order chi connectivity index (χ1) is 13.6. The molecule has 0 N–H and O–H groups in total. The van der Waals surface area contributed by atoms with Crippen LogP contribution >= 0.6 is 33.9 Å². The molecule has 0 amide bonds. The molecule has 3 aromatic rings. The molecule has 0 atom stereocenters. The highest BCUT2D eigenvalue weighted by molar-refractivity contribution is 14.1. The summed E-state index contributed by atoms with van der Waals surface area (Å²) in [6.07, 6.45) is 1.87. The van der Waals surface area contributed by atoms with Crippen LogP contribution in [0.4, 0.5) is 5.69 Å². The fourth-order valence-corrected chi connectivity index (χ4v) is 4.34. The van der Waals surface area contributed by atoms with Gasteiger partial charge in [-0.25, -0.2) is 4.99 Å². The minimum Gasteiger partial charge on any atom is -0.493 e. The zero-order valence-electron chi connectivity index (χ0n) is 15.4. The smallest absolute Gasteiger partial charge is 0.271 e. The van der Waals surface area contributed by atoms with Crippen LogP contribution in [0.5, 0.6) is 11.5 Å². The summed E-state index contributed by atoms with van der Waals surface area (Å²) in [5.41, 5.74) is 1.90. The van der Waals surface area contributed by atoms with E-state index >= 15 is 0 Å². The quantitative estimate of drug-likeness (QED) is 0.510. The Hall–Kier alpha value is -2.33. The van der Waals surface area contributed by atoms with Crippen molar-refractivity contribution in [3.63, 3.8) is 0 Å². The first-order valence-electron chi connectivity index (χ1n) is 8.57. The molecule has 28 heavy (non-hydrogen) atoms. The number of rotatable bonds is 4. The molecule has 0 bridgehead atoms. The van der Waals surface area contributed by atoms with Gasteiger partial charge in [-0.15, -0.1) is 0 Å². The first kappa shape index (κ1) is 19.0. The van der Waals surface area contributed by atoms with Gasteiger partial charge in [0.05, 0.1) is 18.8 Å². The molecule has 0 saturated heterocycles. The zero-order chi connectivity index (χ0) is 19.7. The predicted octanol–water partition coefficient (Wildman–Crippen LogP) is 2.42. The third-order valence-corrected chi connectivity index (χ3v) is 6.24. The van der Waals surface area contributed by atoms with E-state index in [1.54, 1.807) is 18.8 Å². The first-order valence-corrected chi connectivity index (χ1v) is 10.5. The molecule has 0 unspecified atom stereocenters. The number of nitrogens with zero attached hydrogens (tertiary/aromatic N) is 3. The van der Waals surface area contributed by atoms with Crippen LogP contribution in [0, 0.1) is 3.57 Å². The SMILES string of the molecule is COc1ccc(C=c2sc3n(c2=O)CN(c2ccc(I)cc2)CN=3)cc1OC. The second-order valence-corrected chi connectivity index (χ2v) is 8.45. The van der Waals surface area contributed by atoms with E-state index in [-0.39, 0.29) is 5.56 Å². The van der Waals surface area contributed by atoms with Crippen LogP contribution in [0.3, 0.4) is 0 Å². The molecule has 1 aromatic heterocycles. The van der Waals surface area contributed by atoms with Gasteiger partial charge in [0.25, 0.3) is 5.56 Å². The fourth-order valence-electron chi connectivity index (χ4n) is 3.02. The van der Waals surface area contributed by atoms with Gasteiger partial charge < -0.3 is 14.4 Å². The van der Waals surface area contributed by atoms with Gasteiger partial charge in [-0.05, 0) is 70.6 Å². The number of hydrogen-bond donors (Lipinski definition) is 0. The van der Waals surface area contributed by atoms with Gasteiger partial charge in [0, 0.05) is 9.26 Å². The van der Waals surface area contributed by atoms with Crippen LogP contribution in [0.1, 0.15) is 5.56 Å². The molecule has 2 heterocycles. The van der Waals surface area contributed by atoms with Crippen molar-refractivity contribution in [1.29, 1.82) is 0 Å². The number of benzene rings is 2. The van der Waals surface area contributed by atoms with E-state index < -0.39 is 0 Å². The van der Waals surface area contributed by atoms with Crippen molar-refractivity contribution in [3.05, 3.63) is 71.3 Å². The highest BCUT2D eigenvalue weighted by atomic mass is 127.